The van der Waals surface area contributed by atoms with E-state index in [1.807, 2.05) is 0 Å². The van der Waals surface area contributed by atoms with E-state index in [0.29, 0.717) is 22.8 Å². The molecule has 0 bridgehead atoms. The van der Waals surface area contributed by atoms with Gasteiger partial charge < -0.3 is 5.73 Å². The highest BCUT2D eigenvalue weighted by Gasteiger charge is 2.54. The smallest absolute Gasteiger partial charge is 0.0103 e. The van der Waals surface area contributed by atoms with Crippen molar-refractivity contribution in [3.8, 4) is 0 Å². The van der Waals surface area contributed by atoms with E-state index >= 15 is 0 Å². The Morgan fingerprint density at radius 2 is 1.83 bits per heavy atom. The van der Waals surface area contributed by atoms with Crippen molar-refractivity contribution in [3.05, 3.63) is 0 Å². The van der Waals surface area contributed by atoms with E-state index in [0.717, 1.165) is 0 Å². The number of rotatable bonds is 1. The van der Waals surface area contributed by atoms with Crippen LogP contribution in [0.25, 0.3) is 0 Å². The molecule has 2 unspecified atom stereocenters. The van der Waals surface area contributed by atoms with Crippen molar-refractivity contribution in [2.45, 2.75) is 53.5 Å². The molecule has 0 saturated heterocycles. The molecule has 1 aliphatic rings. The molecule has 1 saturated carbocycles. The maximum atomic E-state index is 6.14. The van der Waals surface area contributed by atoms with Crippen LogP contribution < -0.4 is 5.73 Å². The van der Waals surface area contributed by atoms with Crippen molar-refractivity contribution in [2.75, 3.05) is 0 Å². The fourth-order valence-corrected chi connectivity index (χ4v) is 3.14. The van der Waals surface area contributed by atoms with Crippen LogP contribution in [-0.2, 0) is 0 Å². The standard InChI is InChI=1S/C11H23N/c1-8(2)11(10(3,4)5)7-6-9(11)12/h8-9H,6-7,12H2,1-5H3. The van der Waals surface area contributed by atoms with Gasteiger partial charge >= 0.3 is 0 Å². The topological polar surface area (TPSA) is 26.0 Å². The third-order valence-electron chi connectivity index (χ3n) is 3.96. The van der Waals surface area contributed by atoms with Gasteiger partial charge in [-0.25, -0.2) is 0 Å². The van der Waals surface area contributed by atoms with Gasteiger partial charge in [-0.3, -0.25) is 0 Å². The predicted octanol–water partition coefficient (Wildman–Crippen LogP) is 2.80. The Hall–Kier alpha value is -0.0400. The first kappa shape index (κ1) is 10.0. The number of hydrogen-bond acceptors (Lipinski definition) is 1. The van der Waals surface area contributed by atoms with E-state index in [-0.39, 0.29) is 0 Å². The molecule has 0 heterocycles. The highest BCUT2D eigenvalue weighted by atomic mass is 14.8. The second kappa shape index (κ2) is 2.73. The normalized spacial score (nSPS) is 36.8. The molecule has 0 amide bonds. The van der Waals surface area contributed by atoms with E-state index in [1.54, 1.807) is 0 Å². The second-order valence-electron chi connectivity index (χ2n) is 5.59. The van der Waals surface area contributed by atoms with Crippen molar-refractivity contribution in [1.29, 1.82) is 0 Å². The Kier molecular flexibility index (Phi) is 2.28. The Morgan fingerprint density at radius 1 is 1.33 bits per heavy atom. The average molecular weight is 169 g/mol. The summed E-state index contributed by atoms with van der Waals surface area (Å²) in [4.78, 5) is 0. The Balaban J connectivity index is 2.89. The Bertz CT molecular complexity index is 160. The first-order valence-corrected chi connectivity index (χ1v) is 5.08. The highest BCUT2D eigenvalue weighted by Crippen LogP contribution is 2.57. The quantitative estimate of drug-likeness (QED) is 0.642. The minimum Gasteiger partial charge on any atom is -0.327 e. The van der Waals surface area contributed by atoms with Crippen LogP contribution in [0, 0.1) is 16.7 Å². The second-order valence-corrected chi connectivity index (χ2v) is 5.59. The summed E-state index contributed by atoms with van der Waals surface area (Å²) in [6.45, 7) is 11.6. The van der Waals surface area contributed by atoms with Crippen LogP contribution in [0.15, 0.2) is 0 Å². The van der Waals surface area contributed by atoms with Gasteiger partial charge in [-0.2, -0.15) is 0 Å². The molecule has 1 fully saturated rings. The molecule has 2 atom stereocenters. The van der Waals surface area contributed by atoms with Crippen LogP contribution in [0.2, 0.25) is 0 Å². The molecule has 72 valence electrons. The third-order valence-corrected chi connectivity index (χ3v) is 3.96. The first-order chi connectivity index (χ1) is 5.32. The molecule has 12 heavy (non-hydrogen) atoms. The SMILES string of the molecule is CC(C)C1(C(C)(C)C)CCC1N. The van der Waals surface area contributed by atoms with Crippen molar-refractivity contribution in [3.63, 3.8) is 0 Å². The number of hydrogen-bond donors (Lipinski definition) is 1. The molecule has 0 aromatic heterocycles. The zero-order valence-electron chi connectivity index (χ0n) is 9.15. The van der Waals surface area contributed by atoms with Crippen LogP contribution >= 0.6 is 0 Å². The molecule has 1 heteroatoms. The first-order valence-electron chi connectivity index (χ1n) is 5.08. The maximum absolute atomic E-state index is 6.14. The maximum Gasteiger partial charge on any atom is 0.0103 e. The van der Waals surface area contributed by atoms with Gasteiger partial charge in [-0.15, -0.1) is 0 Å². The van der Waals surface area contributed by atoms with Crippen LogP contribution in [0.5, 0.6) is 0 Å². The van der Waals surface area contributed by atoms with Crippen LogP contribution in [-0.4, -0.2) is 6.04 Å². The zero-order valence-corrected chi connectivity index (χ0v) is 9.15. The van der Waals surface area contributed by atoms with Crippen LogP contribution in [0.3, 0.4) is 0 Å². The monoisotopic (exact) mass is 169 g/mol. The highest BCUT2D eigenvalue weighted by molar-refractivity contribution is 5.06. The van der Waals surface area contributed by atoms with E-state index in [4.69, 9.17) is 5.73 Å². The molecule has 0 spiro atoms. The molecule has 1 rings (SSSR count). The lowest BCUT2D eigenvalue weighted by Gasteiger charge is -2.59. The fraction of sp³-hybridized carbons (Fsp3) is 1.00. The predicted molar refractivity (Wildman–Crippen MR) is 53.9 cm³/mol. The average Bonchev–Trinajstić information content (AvgIpc) is 1.80. The summed E-state index contributed by atoms with van der Waals surface area (Å²) in [5.41, 5.74) is 6.90. The molecule has 0 aromatic rings. The van der Waals surface area contributed by atoms with Gasteiger partial charge in [-0.1, -0.05) is 34.6 Å². The lowest BCUT2D eigenvalue weighted by molar-refractivity contribution is -0.0705. The molecular formula is C11H23N. The molecule has 0 aliphatic heterocycles. The van der Waals surface area contributed by atoms with Gasteiger partial charge in [0, 0.05) is 6.04 Å². The van der Waals surface area contributed by atoms with Gasteiger partial charge in [0.2, 0.25) is 0 Å². The summed E-state index contributed by atoms with van der Waals surface area (Å²) in [6.07, 6.45) is 2.53. The molecule has 0 aromatic carbocycles. The van der Waals surface area contributed by atoms with E-state index in [2.05, 4.69) is 34.6 Å². The van der Waals surface area contributed by atoms with Crippen molar-refractivity contribution in [2.24, 2.45) is 22.5 Å². The lowest BCUT2D eigenvalue weighted by Crippen LogP contribution is -2.60. The van der Waals surface area contributed by atoms with Crippen molar-refractivity contribution >= 4 is 0 Å². The summed E-state index contributed by atoms with van der Waals surface area (Å²) in [6, 6.07) is 0.428. The Labute approximate surface area is 76.7 Å². The summed E-state index contributed by atoms with van der Waals surface area (Å²) in [5.74, 6) is 0.709. The molecule has 1 nitrogen and oxygen atoms in total. The lowest BCUT2D eigenvalue weighted by atomic mass is 9.48. The molecule has 1 aliphatic carbocycles. The molecule has 0 radical (unpaired) electrons. The molecular weight excluding hydrogens is 146 g/mol. The van der Waals surface area contributed by atoms with Crippen molar-refractivity contribution < 1.29 is 0 Å². The third kappa shape index (κ3) is 1.10. The number of nitrogens with two attached hydrogens (primary N) is 1. The fourth-order valence-electron chi connectivity index (χ4n) is 3.14. The van der Waals surface area contributed by atoms with Gasteiger partial charge in [0.15, 0.2) is 0 Å². The largest absolute Gasteiger partial charge is 0.327 e. The minimum absolute atomic E-state index is 0.360. The Morgan fingerprint density at radius 3 is 1.83 bits per heavy atom. The van der Waals surface area contributed by atoms with Crippen LogP contribution in [0.4, 0.5) is 0 Å². The van der Waals surface area contributed by atoms with Crippen LogP contribution in [0.1, 0.15) is 47.5 Å². The van der Waals surface area contributed by atoms with E-state index in [1.165, 1.54) is 12.8 Å². The zero-order chi connectivity index (χ0) is 9.57. The summed E-state index contributed by atoms with van der Waals surface area (Å²) < 4.78 is 0. The van der Waals surface area contributed by atoms with Gasteiger partial charge in [-0.05, 0) is 29.6 Å². The summed E-state index contributed by atoms with van der Waals surface area (Å²) in [5, 5.41) is 0. The van der Waals surface area contributed by atoms with E-state index < -0.39 is 0 Å². The minimum atomic E-state index is 0.360. The molecule has 2 N–H and O–H groups in total. The summed E-state index contributed by atoms with van der Waals surface area (Å²) in [7, 11) is 0. The van der Waals surface area contributed by atoms with Gasteiger partial charge in [0.05, 0.1) is 0 Å². The van der Waals surface area contributed by atoms with Gasteiger partial charge in [0.25, 0.3) is 0 Å². The van der Waals surface area contributed by atoms with Gasteiger partial charge in [0.1, 0.15) is 0 Å². The summed E-state index contributed by atoms with van der Waals surface area (Å²) >= 11 is 0. The van der Waals surface area contributed by atoms with E-state index in [9.17, 15) is 0 Å². The van der Waals surface area contributed by atoms with Crippen molar-refractivity contribution in [1.82, 2.24) is 0 Å².